The first-order valence-electron chi connectivity index (χ1n) is 20.8. The smallest absolute Gasteiger partial charge is 0.407 e. The second-order valence-electron chi connectivity index (χ2n) is 16.6. The van der Waals surface area contributed by atoms with Crippen LogP contribution in [0, 0.1) is 0 Å². The Labute approximate surface area is 347 Å². The number of likely N-dealkylation sites (tertiary alicyclic amines) is 1. The number of nitrogens with zero attached hydrogens (tertiary/aromatic N) is 6. The van der Waals surface area contributed by atoms with Crippen molar-refractivity contribution in [2.45, 2.75) is 68.7 Å². The number of aromatic nitrogens is 5. The minimum Gasteiger partial charge on any atom is -0.453 e. The lowest BCUT2D eigenvalue weighted by Gasteiger charge is -2.37. The molecular formula is C47H47N9O4. The second kappa shape index (κ2) is 15.2. The molecular weight excluding hydrogens is 755 g/mol. The fourth-order valence-electron chi connectivity index (χ4n) is 9.73. The summed E-state index contributed by atoms with van der Waals surface area (Å²) in [6.45, 7) is 0.677. The van der Waals surface area contributed by atoms with Crippen LogP contribution in [-0.2, 0) is 14.3 Å². The number of ether oxygens (including phenoxy) is 1. The molecule has 3 aliphatic rings. The van der Waals surface area contributed by atoms with Gasteiger partial charge in [0.1, 0.15) is 23.7 Å². The van der Waals surface area contributed by atoms with E-state index in [1.54, 1.807) is 0 Å². The number of H-pyrrole nitrogens is 2. The molecule has 304 valence electrons. The summed E-state index contributed by atoms with van der Waals surface area (Å²) in [4.78, 5) is 67.2. The molecule has 5 atom stereocenters. The Morgan fingerprint density at radius 3 is 2.07 bits per heavy atom. The number of amides is 3. The Morgan fingerprint density at radius 2 is 1.40 bits per heavy atom. The van der Waals surface area contributed by atoms with E-state index in [9.17, 15) is 14.4 Å². The molecule has 13 heteroatoms. The van der Waals surface area contributed by atoms with Gasteiger partial charge >= 0.3 is 6.09 Å². The molecule has 10 rings (SSSR count). The first-order chi connectivity index (χ1) is 29.2. The Morgan fingerprint density at radius 1 is 0.767 bits per heavy atom. The number of benzene rings is 4. The molecule has 0 saturated carbocycles. The summed E-state index contributed by atoms with van der Waals surface area (Å²) >= 11 is 0. The van der Waals surface area contributed by atoms with E-state index in [0.717, 1.165) is 105 Å². The topological polar surface area (TPSA) is 152 Å². The Bertz CT molecular complexity index is 2780. The van der Waals surface area contributed by atoms with Crippen molar-refractivity contribution in [3.05, 3.63) is 114 Å². The van der Waals surface area contributed by atoms with Crippen LogP contribution >= 0.6 is 0 Å². The quantitative estimate of drug-likeness (QED) is 0.141. The molecule has 3 N–H and O–H groups in total. The van der Waals surface area contributed by atoms with E-state index >= 15 is 0 Å². The van der Waals surface area contributed by atoms with Gasteiger partial charge in [-0.3, -0.25) is 19.5 Å². The van der Waals surface area contributed by atoms with Gasteiger partial charge in [0.2, 0.25) is 11.8 Å². The molecule has 7 aromatic rings. The van der Waals surface area contributed by atoms with Gasteiger partial charge < -0.3 is 29.8 Å². The molecule has 3 amide bonds. The summed E-state index contributed by atoms with van der Waals surface area (Å²) in [5, 5.41) is 3.72. The fourth-order valence-corrected chi connectivity index (χ4v) is 9.73. The van der Waals surface area contributed by atoms with Crippen molar-refractivity contribution in [1.82, 2.24) is 44.9 Å². The number of methoxy groups -OCH3 is 1. The largest absolute Gasteiger partial charge is 0.453 e. The minimum atomic E-state index is -0.591. The predicted molar refractivity (Wildman–Crippen MR) is 230 cm³/mol. The number of carbonyl (C=O) groups is 3. The number of carbonyl (C=O) groups excluding carboxylic acids is 3. The molecule has 3 aliphatic heterocycles. The lowest BCUT2D eigenvalue weighted by atomic mass is 9.98. The monoisotopic (exact) mass is 801 g/mol. The van der Waals surface area contributed by atoms with E-state index in [-0.39, 0.29) is 29.9 Å². The first-order valence-corrected chi connectivity index (χ1v) is 20.8. The lowest BCUT2D eigenvalue weighted by molar-refractivity contribution is -0.140. The first kappa shape index (κ1) is 37.7. The van der Waals surface area contributed by atoms with Gasteiger partial charge in [0, 0.05) is 24.2 Å². The van der Waals surface area contributed by atoms with Crippen molar-refractivity contribution >= 4 is 50.9 Å². The van der Waals surface area contributed by atoms with Gasteiger partial charge in [0.05, 0.1) is 46.8 Å². The highest BCUT2D eigenvalue weighted by Gasteiger charge is 2.45. The number of nitrogens with one attached hydrogen (secondary N) is 3. The third-order valence-corrected chi connectivity index (χ3v) is 12.7. The zero-order valence-electron chi connectivity index (χ0n) is 33.9. The van der Waals surface area contributed by atoms with Crippen LogP contribution in [0.1, 0.15) is 73.9 Å². The molecule has 0 spiro atoms. The number of pyridine rings is 1. The Balaban J connectivity index is 0.852. The molecule has 3 aromatic heterocycles. The van der Waals surface area contributed by atoms with E-state index in [0.29, 0.717) is 13.0 Å². The molecule has 3 fully saturated rings. The van der Waals surface area contributed by atoms with Crippen molar-refractivity contribution in [1.29, 1.82) is 0 Å². The maximum atomic E-state index is 14.3. The highest BCUT2D eigenvalue weighted by molar-refractivity contribution is 5.89. The van der Waals surface area contributed by atoms with Crippen molar-refractivity contribution in [3.63, 3.8) is 0 Å². The number of aromatic amines is 2. The van der Waals surface area contributed by atoms with Crippen molar-refractivity contribution in [2.75, 3.05) is 27.7 Å². The number of alkyl carbamates (subject to hydrolysis) is 1. The summed E-state index contributed by atoms with van der Waals surface area (Å²) in [6.07, 6.45) is 6.16. The van der Waals surface area contributed by atoms with E-state index in [1.165, 1.54) is 7.11 Å². The number of hydrogen-bond donors (Lipinski definition) is 3. The predicted octanol–water partition coefficient (Wildman–Crippen LogP) is 7.84. The minimum absolute atomic E-state index is 0.0540. The normalized spacial score (nSPS) is 21.0. The van der Waals surface area contributed by atoms with Crippen LogP contribution in [0.2, 0.25) is 0 Å². The number of rotatable bonds is 8. The van der Waals surface area contributed by atoms with Gasteiger partial charge in [-0.2, -0.15) is 0 Å². The standard InChI is InChI=1S/C47H47N9O4/c1-54(2)42(32-23-31-7-4-5-8-34(31)48-26-32)46(58)55-22-6-9-40(55)43-49-35-18-14-29(24-38(35)51-43)27-10-12-28(13-11-27)30-15-19-36-39(25-30)52-44(50-36)41-21-17-33-16-20-37(45(57)56(33)41)53-47(59)60-3/h4-5,7-8,10-15,18-19,23-26,33,37,40-42H,6,9,16-17,20-22H2,1-3H3,(H,49,51)(H,50,52)(H,53,59)/t33-,37-,40-,41-,42?/m0/s1. The maximum Gasteiger partial charge on any atom is 0.407 e. The third kappa shape index (κ3) is 6.72. The van der Waals surface area contributed by atoms with Gasteiger partial charge in [0.25, 0.3) is 0 Å². The summed E-state index contributed by atoms with van der Waals surface area (Å²) < 4.78 is 4.75. The third-order valence-electron chi connectivity index (χ3n) is 12.7. The second-order valence-corrected chi connectivity index (χ2v) is 16.6. The number of imidazole rings is 2. The van der Waals surface area contributed by atoms with Crippen LogP contribution in [0.4, 0.5) is 4.79 Å². The van der Waals surface area contributed by atoms with E-state index in [1.807, 2.05) is 71.4 Å². The van der Waals surface area contributed by atoms with E-state index < -0.39 is 18.2 Å². The highest BCUT2D eigenvalue weighted by Crippen LogP contribution is 2.41. The highest BCUT2D eigenvalue weighted by atomic mass is 16.5. The van der Waals surface area contributed by atoms with Crippen LogP contribution in [-0.4, -0.2) is 97.4 Å². The van der Waals surface area contributed by atoms with Gasteiger partial charge in [-0.25, -0.2) is 14.8 Å². The van der Waals surface area contributed by atoms with Crippen LogP contribution in [0.3, 0.4) is 0 Å². The zero-order valence-corrected chi connectivity index (χ0v) is 33.9. The van der Waals surface area contributed by atoms with Crippen LogP contribution < -0.4 is 5.32 Å². The number of likely N-dealkylation sites (N-methyl/N-ethyl adjacent to an activating group) is 1. The van der Waals surface area contributed by atoms with E-state index in [4.69, 9.17) is 14.7 Å². The van der Waals surface area contributed by atoms with Crippen molar-refractivity contribution in [2.24, 2.45) is 0 Å². The molecule has 4 aromatic carbocycles. The molecule has 0 radical (unpaired) electrons. The fraction of sp³-hybridized carbons (Fsp3) is 0.319. The number of para-hydroxylation sites is 1. The average molecular weight is 802 g/mol. The van der Waals surface area contributed by atoms with Gasteiger partial charge in [-0.1, -0.05) is 54.6 Å². The van der Waals surface area contributed by atoms with E-state index in [2.05, 4.69) is 74.9 Å². The number of fused-ring (bicyclic) bond motifs is 4. The lowest BCUT2D eigenvalue weighted by Crippen LogP contribution is -2.54. The number of hydrogen-bond acceptors (Lipinski definition) is 8. The molecule has 0 aliphatic carbocycles. The summed E-state index contributed by atoms with van der Waals surface area (Å²) in [7, 11) is 5.20. The summed E-state index contributed by atoms with van der Waals surface area (Å²) in [5.74, 6) is 1.56. The molecule has 13 nitrogen and oxygen atoms in total. The summed E-state index contributed by atoms with van der Waals surface area (Å²) in [6, 6.07) is 29.9. The van der Waals surface area contributed by atoms with Gasteiger partial charge in [-0.15, -0.1) is 0 Å². The van der Waals surface area contributed by atoms with Crippen molar-refractivity contribution < 1.29 is 19.1 Å². The van der Waals surface area contributed by atoms with Gasteiger partial charge in [-0.05, 0) is 117 Å². The number of piperidine rings is 1. The van der Waals surface area contributed by atoms with Crippen LogP contribution in [0.5, 0.6) is 0 Å². The van der Waals surface area contributed by atoms with Crippen LogP contribution in [0.25, 0.3) is 55.2 Å². The molecule has 1 unspecified atom stereocenters. The average Bonchev–Trinajstić information content (AvgIpc) is 4.09. The molecule has 3 saturated heterocycles. The molecule has 6 heterocycles. The Hall–Kier alpha value is -6.60. The zero-order chi connectivity index (χ0) is 41.1. The van der Waals surface area contributed by atoms with Crippen LogP contribution in [0.15, 0.2) is 97.2 Å². The molecule has 0 bridgehead atoms. The van der Waals surface area contributed by atoms with Crippen molar-refractivity contribution in [3.8, 4) is 22.3 Å². The maximum absolute atomic E-state index is 14.3. The SMILES string of the molecule is COC(=O)N[C@H]1CC[C@H]2CC[C@@H](c3nc4ccc(-c5ccc(-c6ccc7nc([C@@H]8CCCN8C(=O)C(c8cnc9ccccc9c8)N(C)C)[nH]c7c6)cc5)cc4[nH]3)N2C1=O. The summed E-state index contributed by atoms with van der Waals surface area (Å²) in [5.41, 5.74) is 9.64. The van der Waals surface area contributed by atoms with Gasteiger partial charge in [0.15, 0.2) is 0 Å². The Kier molecular flexibility index (Phi) is 9.55. The molecule has 60 heavy (non-hydrogen) atoms.